The van der Waals surface area contributed by atoms with Crippen LogP contribution in [0.1, 0.15) is 79.1 Å². The van der Waals surface area contributed by atoms with Gasteiger partial charge in [-0.25, -0.2) is 14.4 Å². The van der Waals surface area contributed by atoms with Gasteiger partial charge in [0.05, 0.1) is 17.6 Å². The number of hydrogen-bond donors (Lipinski definition) is 3. The number of Topliss-reactive ketones (excluding diaryl/α,β-unsaturated/α-hetero) is 1. The minimum atomic E-state index is -2.52. The highest BCUT2D eigenvalue weighted by atomic mass is 16.6. The summed E-state index contributed by atoms with van der Waals surface area (Å²) in [5.41, 5.74) is -6.37. The zero-order valence-corrected chi connectivity index (χ0v) is 30.5. The molecule has 0 radical (unpaired) electrons. The normalized spacial score (nSPS) is 32.9. The van der Waals surface area contributed by atoms with Crippen molar-refractivity contribution < 1.29 is 58.2 Å². The average Bonchev–Trinajstić information content (AvgIpc) is 3.34. The van der Waals surface area contributed by atoms with E-state index in [1.165, 1.54) is 56.6 Å². The molecule has 0 aromatic carbocycles. The maximum Gasteiger partial charge on any atom is 0.340 e. The molecule has 2 aliphatic carbocycles. The number of ketones is 1. The molecule has 1 fully saturated rings. The van der Waals surface area contributed by atoms with Gasteiger partial charge in [0.1, 0.15) is 17.3 Å². The highest BCUT2D eigenvalue weighted by Gasteiger charge is 2.64. The van der Waals surface area contributed by atoms with E-state index in [0.717, 1.165) is 19.9 Å². The van der Waals surface area contributed by atoms with Crippen molar-refractivity contribution in [1.29, 1.82) is 0 Å². The van der Waals surface area contributed by atoms with Crippen molar-refractivity contribution in [3.63, 3.8) is 0 Å². The number of hydrogen-bond acceptors (Lipinski definition) is 13. The molecule has 9 atom stereocenters. The molecule has 0 bridgehead atoms. The Morgan fingerprint density at radius 2 is 1.51 bits per heavy atom. The smallest absolute Gasteiger partial charge is 0.340 e. The third kappa shape index (κ3) is 8.71. The monoisotopic (exact) mass is 711 g/mol. The van der Waals surface area contributed by atoms with Gasteiger partial charge < -0.3 is 34.3 Å². The van der Waals surface area contributed by atoms with Gasteiger partial charge in [-0.05, 0) is 70.7 Å². The minimum Gasteiger partial charge on any atom is -0.458 e. The van der Waals surface area contributed by atoms with Crippen LogP contribution >= 0.6 is 0 Å². The number of aliphatic hydroxyl groups excluding tert-OH is 1. The fourth-order valence-electron chi connectivity index (χ4n) is 6.43. The molecular weight excluding hydrogens is 662 g/mol. The topological polar surface area (TPSA) is 196 Å². The van der Waals surface area contributed by atoms with Crippen molar-refractivity contribution in [2.45, 2.75) is 110 Å². The van der Waals surface area contributed by atoms with E-state index in [9.17, 15) is 39.3 Å². The number of nitrogens with zero attached hydrogens (tertiary/aromatic N) is 1. The quantitative estimate of drug-likeness (QED) is 0.161. The van der Waals surface area contributed by atoms with Crippen LogP contribution in [-0.2, 0) is 38.1 Å². The second kappa shape index (κ2) is 15.8. The standard InChI is InChI=1S/C38H49NO12/c1-11-20(3)32(42)49-28-22(5)18-38(47)26(28)27(41)23(6)29(50-33(43)21(4)12-2)30(48-24(7)40)31(51-34(44)25-14-13-17-39-19-25)36(8,9)15-16-37(10,46)35(38)45/h11-17,19,22,26-31,41,46-47H,6,18H2,1-5,7-10H3. The van der Waals surface area contributed by atoms with E-state index in [4.69, 9.17) is 18.9 Å². The zero-order valence-electron chi connectivity index (χ0n) is 30.5. The maximum absolute atomic E-state index is 14.3. The Kier molecular flexibility index (Phi) is 12.7. The van der Waals surface area contributed by atoms with Crippen LogP contribution in [0.3, 0.4) is 0 Å². The fourth-order valence-corrected chi connectivity index (χ4v) is 6.43. The molecular formula is C38H49NO12. The van der Waals surface area contributed by atoms with E-state index in [1.54, 1.807) is 34.6 Å². The van der Waals surface area contributed by atoms with Gasteiger partial charge in [0.15, 0.2) is 24.1 Å². The summed E-state index contributed by atoms with van der Waals surface area (Å²) >= 11 is 0. The van der Waals surface area contributed by atoms with E-state index >= 15 is 0 Å². The van der Waals surface area contributed by atoms with Crippen molar-refractivity contribution in [2.24, 2.45) is 17.3 Å². The number of aromatic nitrogens is 1. The summed E-state index contributed by atoms with van der Waals surface area (Å²) in [7, 11) is 0. The van der Waals surface area contributed by atoms with Gasteiger partial charge >= 0.3 is 23.9 Å². The van der Waals surface area contributed by atoms with E-state index in [-0.39, 0.29) is 28.7 Å². The van der Waals surface area contributed by atoms with Crippen molar-refractivity contribution in [2.75, 3.05) is 0 Å². The average molecular weight is 712 g/mol. The largest absolute Gasteiger partial charge is 0.458 e. The zero-order chi connectivity index (χ0) is 38.6. The SMILES string of the molecule is C=C1C(O)C2C(OC(=O)C(C)=CC)C(C)CC2(O)C(=O)C(C)(O)C=CC(C)(C)C(OC(=O)c2cccnc2)C(OC(C)=O)C1OC(=O)C(C)=CC. The van der Waals surface area contributed by atoms with Crippen molar-refractivity contribution in [3.05, 3.63) is 77.7 Å². The number of ether oxygens (including phenoxy) is 4. The van der Waals surface area contributed by atoms with Gasteiger partial charge in [0, 0.05) is 35.9 Å². The third-order valence-electron chi connectivity index (χ3n) is 9.63. The van der Waals surface area contributed by atoms with Gasteiger partial charge in [0.2, 0.25) is 0 Å². The lowest BCUT2D eigenvalue weighted by atomic mass is 9.71. The molecule has 0 aliphatic heterocycles. The summed E-state index contributed by atoms with van der Waals surface area (Å²) in [6.45, 7) is 17.1. The van der Waals surface area contributed by atoms with Crippen LogP contribution in [0.25, 0.3) is 0 Å². The first-order valence-corrected chi connectivity index (χ1v) is 16.7. The Morgan fingerprint density at radius 3 is 2.04 bits per heavy atom. The first-order chi connectivity index (χ1) is 23.6. The number of carbonyl (C=O) groups is 5. The van der Waals surface area contributed by atoms with E-state index in [0.29, 0.717) is 0 Å². The summed E-state index contributed by atoms with van der Waals surface area (Å²) in [4.78, 5) is 71.0. The van der Waals surface area contributed by atoms with Crippen molar-refractivity contribution in [1.82, 2.24) is 4.98 Å². The molecule has 9 unspecified atom stereocenters. The second-order valence-corrected chi connectivity index (χ2v) is 14.1. The Hall–Kier alpha value is -4.46. The number of carbonyl (C=O) groups excluding carboxylic acids is 5. The van der Waals surface area contributed by atoms with Crippen molar-refractivity contribution in [3.8, 4) is 0 Å². The van der Waals surface area contributed by atoms with Crippen molar-refractivity contribution >= 4 is 29.7 Å². The summed E-state index contributed by atoms with van der Waals surface area (Å²) in [6.07, 6.45) is -0.614. The minimum absolute atomic E-state index is 0.0235. The van der Waals surface area contributed by atoms with Gasteiger partial charge in [-0.15, -0.1) is 0 Å². The first kappa shape index (κ1) is 41.0. The Bertz CT molecular complexity index is 1620. The molecule has 1 heterocycles. The predicted octanol–water partition coefficient (Wildman–Crippen LogP) is 3.52. The van der Waals surface area contributed by atoms with Crippen LogP contribution in [0.2, 0.25) is 0 Å². The van der Waals surface area contributed by atoms with Gasteiger partial charge in [-0.1, -0.05) is 45.6 Å². The summed E-state index contributed by atoms with van der Waals surface area (Å²) in [5.74, 6) is -7.03. The second-order valence-electron chi connectivity index (χ2n) is 14.1. The molecule has 0 saturated heterocycles. The molecule has 1 saturated carbocycles. The highest BCUT2D eigenvalue weighted by molar-refractivity contribution is 5.97. The predicted molar refractivity (Wildman–Crippen MR) is 184 cm³/mol. The summed E-state index contributed by atoms with van der Waals surface area (Å²) < 4.78 is 23.5. The van der Waals surface area contributed by atoms with Gasteiger partial charge in [0.25, 0.3) is 0 Å². The Morgan fingerprint density at radius 1 is 0.922 bits per heavy atom. The van der Waals surface area contributed by atoms with E-state index in [1.807, 2.05) is 0 Å². The molecule has 1 aromatic heterocycles. The van der Waals surface area contributed by atoms with Crippen LogP contribution in [0.15, 0.2) is 72.1 Å². The lowest BCUT2D eigenvalue weighted by molar-refractivity contribution is -0.181. The highest BCUT2D eigenvalue weighted by Crippen LogP contribution is 2.49. The Balaban J connectivity index is 2.39. The molecule has 3 rings (SSSR count). The fraction of sp³-hybridized carbons (Fsp3) is 0.526. The molecule has 0 amide bonds. The number of pyridine rings is 1. The van der Waals surface area contributed by atoms with E-state index in [2.05, 4.69) is 11.6 Å². The number of allylic oxidation sites excluding steroid dienone is 2. The molecule has 0 spiro atoms. The lowest BCUT2D eigenvalue weighted by Gasteiger charge is -2.44. The van der Waals surface area contributed by atoms with Gasteiger partial charge in [-0.3, -0.25) is 14.6 Å². The number of rotatable bonds is 7. The van der Waals surface area contributed by atoms with Crippen LogP contribution in [-0.4, -0.2) is 91.7 Å². The maximum atomic E-state index is 14.3. The summed E-state index contributed by atoms with van der Waals surface area (Å²) in [6, 6.07) is 2.94. The number of esters is 4. The number of fused-ring (bicyclic) bond motifs is 1. The molecule has 278 valence electrons. The molecule has 1 aromatic rings. The van der Waals surface area contributed by atoms with Crippen LogP contribution in [0, 0.1) is 17.3 Å². The third-order valence-corrected chi connectivity index (χ3v) is 9.63. The molecule has 13 heteroatoms. The summed E-state index contributed by atoms with van der Waals surface area (Å²) in [5, 5.41) is 36.1. The van der Waals surface area contributed by atoms with Crippen LogP contribution in [0.4, 0.5) is 0 Å². The van der Waals surface area contributed by atoms with Crippen LogP contribution in [0.5, 0.6) is 0 Å². The van der Waals surface area contributed by atoms with Crippen LogP contribution < -0.4 is 0 Å². The van der Waals surface area contributed by atoms with E-state index < -0.39 is 88.6 Å². The van der Waals surface area contributed by atoms with Gasteiger partial charge in [-0.2, -0.15) is 0 Å². The number of aliphatic hydroxyl groups is 3. The molecule has 13 nitrogen and oxygen atoms in total. The molecule has 3 N–H and O–H groups in total. The first-order valence-electron chi connectivity index (χ1n) is 16.7. The lowest BCUT2D eigenvalue weighted by Crippen LogP contribution is -2.60. The molecule has 51 heavy (non-hydrogen) atoms. The Labute approximate surface area is 298 Å². The molecule has 2 aliphatic rings.